The van der Waals surface area contributed by atoms with Crippen molar-refractivity contribution in [2.75, 3.05) is 24.5 Å². The number of nitrogens with zero attached hydrogens (tertiary/aromatic N) is 1. The Kier molecular flexibility index (Phi) is 5.06. The predicted molar refractivity (Wildman–Crippen MR) is 71.1 cm³/mol. The summed E-state index contributed by atoms with van der Waals surface area (Å²) < 4.78 is 0. The number of benzene rings is 1. The number of nitrogens with two attached hydrogens (primary N) is 2. The van der Waals surface area contributed by atoms with Crippen LogP contribution in [0.5, 0.6) is 0 Å². The van der Waals surface area contributed by atoms with Crippen LogP contribution in [0.4, 0.5) is 5.69 Å². The quantitative estimate of drug-likeness (QED) is 0.847. The van der Waals surface area contributed by atoms with Crippen molar-refractivity contribution in [3.05, 3.63) is 29.8 Å². The molecule has 1 fully saturated rings. The Balaban J connectivity index is 0.00000128. The first-order valence-corrected chi connectivity index (χ1v) is 5.62. The number of anilines is 1. The van der Waals surface area contributed by atoms with Crippen LogP contribution in [0.25, 0.3) is 0 Å². The first-order valence-electron chi connectivity index (χ1n) is 5.62. The van der Waals surface area contributed by atoms with Crippen LogP contribution < -0.4 is 16.4 Å². The molecule has 4 heteroatoms. The molecule has 0 unspecified atom stereocenters. The van der Waals surface area contributed by atoms with Crippen molar-refractivity contribution < 1.29 is 0 Å². The minimum Gasteiger partial charge on any atom is -0.372 e. The van der Waals surface area contributed by atoms with E-state index >= 15 is 0 Å². The van der Waals surface area contributed by atoms with Gasteiger partial charge >= 0.3 is 0 Å². The maximum Gasteiger partial charge on any atom is 0.0419 e. The van der Waals surface area contributed by atoms with E-state index in [-0.39, 0.29) is 18.4 Å². The van der Waals surface area contributed by atoms with Crippen LogP contribution in [0.15, 0.2) is 24.3 Å². The minimum absolute atomic E-state index is 0. The summed E-state index contributed by atoms with van der Waals surface area (Å²) in [6, 6.07) is 8.44. The fourth-order valence-electron chi connectivity index (χ4n) is 2.04. The van der Waals surface area contributed by atoms with Gasteiger partial charge in [-0.3, -0.25) is 0 Å². The smallest absolute Gasteiger partial charge is 0.0419 e. The number of hydrogen-bond acceptors (Lipinski definition) is 3. The van der Waals surface area contributed by atoms with Gasteiger partial charge in [0.15, 0.2) is 0 Å². The highest BCUT2D eigenvalue weighted by molar-refractivity contribution is 5.85. The SMILES string of the molecule is Cl.NC[C@@H](N)c1ccc(N2CCCC2)cc1. The molecule has 0 aliphatic carbocycles. The normalized spacial score (nSPS) is 17.0. The van der Waals surface area contributed by atoms with E-state index < -0.39 is 0 Å². The van der Waals surface area contributed by atoms with Crippen molar-refractivity contribution in [1.29, 1.82) is 0 Å². The van der Waals surface area contributed by atoms with Gasteiger partial charge < -0.3 is 16.4 Å². The van der Waals surface area contributed by atoms with Crippen LogP contribution in [-0.2, 0) is 0 Å². The maximum atomic E-state index is 5.86. The lowest BCUT2D eigenvalue weighted by Crippen LogP contribution is -2.21. The highest BCUT2D eigenvalue weighted by Crippen LogP contribution is 2.21. The van der Waals surface area contributed by atoms with E-state index in [0.717, 1.165) is 5.56 Å². The molecule has 1 saturated heterocycles. The molecule has 1 atom stereocenters. The van der Waals surface area contributed by atoms with Gasteiger partial charge in [-0.15, -0.1) is 12.4 Å². The minimum atomic E-state index is -0.0300. The number of hydrogen-bond donors (Lipinski definition) is 2. The van der Waals surface area contributed by atoms with Gasteiger partial charge in [-0.1, -0.05) is 12.1 Å². The van der Waals surface area contributed by atoms with Crippen molar-refractivity contribution in [2.24, 2.45) is 11.5 Å². The molecule has 4 N–H and O–H groups in total. The summed E-state index contributed by atoms with van der Waals surface area (Å²) in [4.78, 5) is 2.41. The van der Waals surface area contributed by atoms with Crippen molar-refractivity contribution in [3.8, 4) is 0 Å². The second kappa shape index (κ2) is 6.09. The molecular formula is C12H20ClN3. The summed E-state index contributed by atoms with van der Waals surface area (Å²) >= 11 is 0. The van der Waals surface area contributed by atoms with Gasteiger partial charge in [0.25, 0.3) is 0 Å². The zero-order valence-corrected chi connectivity index (χ0v) is 10.2. The Morgan fingerprint density at radius 1 is 1.12 bits per heavy atom. The maximum absolute atomic E-state index is 5.86. The third-order valence-corrected chi connectivity index (χ3v) is 3.05. The average Bonchev–Trinajstić information content (AvgIpc) is 2.82. The first kappa shape index (κ1) is 13.3. The van der Waals surface area contributed by atoms with Crippen LogP contribution in [0.1, 0.15) is 24.4 Å². The second-order valence-corrected chi connectivity index (χ2v) is 4.13. The van der Waals surface area contributed by atoms with Crippen molar-refractivity contribution in [2.45, 2.75) is 18.9 Å². The molecule has 0 amide bonds. The molecular weight excluding hydrogens is 222 g/mol. The van der Waals surface area contributed by atoms with Crippen LogP contribution in [-0.4, -0.2) is 19.6 Å². The summed E-state index contributed by atoms with van der Waals surface area (Å²) in [5.41, 5.74) is 13.8. The third kappa shape index (κ3) is 2.88. The number of halogens is 1. The molecule has 16 heavy (non-hydrogen) atoms. The molecule has 0 saturated carbocycles. The van der Waals surface area contributed by atoms with E-state index in [2.05, 4.69) is 29.2 Å². The van der Waals surface area contributed by atoms with E-state index in [1.54, 1.807) is 0 Å². The third-order valence-electron chi connectivity index (χ3n) is 3.05. The molecule has 1 aliphatic rings. The fourth-order valence-corrected chi connectivity index (χ4v) is 2.04. The largest absolute Gasteiger partial charge is 0.372 e. The van der Waals surface area contributed by atoms with E-state index in [4.69, 9.17) is 11.5 Å². The highest BCUT2D eigenvalue weighted by Gasteiger charge is 2.12. The van der Waals surface area contributed by atoms with Crippen LogP contribution in [0.2, 0.25) is 0 Å². The molecule has 2 rings (SSSR count). The predicted octanol–water partition coefficient (Wildman–Crippen LogP) is 1.67. The van der Waals surface area contributed by atoms with Gasteiger partial charge in [-0.2, -0.15) is 0 Å². The standard InChI is InChI=1S/C12H19N3.ClH/c13-9-12(14)10-3-5-11(6-4-10)15-7-1-2-8-15;/h3-6,12H,1-2,7-9,13-14H2;1H/t12-;/m1./s1. The molecule has 0 bridgehead atoms. The van der Waals surface area contributed by atoms with Crippen molar-refractivity contribution in [3.63, 3.8) is 0 Å². The van der Waals surface area contributed by atoms with Crippen LogP contribution >= 0.6 is 12.4 Å². The van der Waals surface area contributed by atoms with Gasteiger partial charge in [-0.05, 0) is 30.5 Å². The molecule has 1 heterocycles. The highest BCUT2D eigenvalue weighted by atomic mass is 35.5. The summed E-state index contributed by atoms with van der Waals surface area (Å²) in [5.74, 6) is 0. The molecule has 90 valence electrons. The zero-order valence-electron chi connectivity index (χ0n) is 9.43. The lowest BCUT2D eigenvalue weighted by atomic mass is 10.1. The van der Waals surface area contributed by atoms with E-state index in [1.165, 1.54) is 31.6 Å². The molecule has 3 nitrogen and oxygen atoms in total. The monoisotopic (exact) mass is 241 g/mol. The Morgan fingerprint density at radius 2 is 1.69 bits per heavy atom. The molecule has 0 spiro atoms. The Hall–Kier alpha value is -0.770. The van der Waals surface area contributed by atoms with Crippen molar-refractivity contribution in [1.82, 2.24) is 0 Å². The lowest BCUT2D eigenvalue weighted by molar-refractivity contribution is 0.737. The molecule has 0 radical (unpaired) electrons. The average molecular weight is 242 g/mol. The number of rotatable bonds is 3. The fraction of sp³-hybridized carbons (Fsp3) is 0.500. The van der Waals surface area contributed by atoms with Gasteiger partial charge in [0, 0.05) is 31.4 Å². The van der Waals surface area contributed by atoms with E-state index in [1.807, 2.05) is 0 Å². The summed E-state index contributed by atoms with van der Waals surface area (Å²) in [5, 5.41) is 0. The summed E-state index contributed by atoms with van der Waals surface area (Å²) in [6.45, 7) is 2.87. The van der Waals surface area contributed by atoms with Crippen molar-refractivity contribution >= 4 is 18.1 Å². The first-order chi connectivity index (χ1) is 7.31. The molecule has 1 aromatic rings. The Morgan fingerprint density at radius 3 is 2.19 bits per heavy atom. The van der Waals surface area contributed by atoms with Gasteiger partial charge in [0.05, 0.1) is 0 Å². The van der Waals surface area contributed by atoms with Gasteiger partial charge in [0.2, 0.25) is 0 Å². The Labute approximate surface area is 103 Å². The molecule has 1 aliphatic heterocycles. The summed E-state index contributed by atoms with van der Waals surface area (Å²) in [7, 11) is 0. The molecule has 1 aromatic carbocycles. The van der Waals surface area contributed by atoms with Crippen LogP contribution in [0, 0.1) is 0 Å². The van der Waals surface area contributed by atoms with Crippen LogP contribution in [0.3, 0.4) is 0 Å². The topological polar surface area (TPSA) is 55.3 Å². The lowest BCUT2D eigenvalue weighted by Gasteiger charge is -2.18. The second-order valence-electron chi connectivity index (χ2n) is 4.13. The zero-order chi connectivity index (χ0) is 10.7. The Bertz CT molecular complexity index is 307. The molecule has 0 aromatic heterocycles. The van der Waals surface area contributed by atoms with Gasteiger partial charge in [0.1, 0.15) is 0 Å². The van der Waals surface area contributed by atoms with E-state index in [0.29, 0.717) is 6.54 Å². The van der Waals surface area contributed by atoms with Gasteiger partial charge in [-0.25, -0.2) is 0 Å². The van der Waals surface area contributed by atoms with E-state index in [9.17, 15) is 0 Å². The summed E-state index contributed by atoms with van der Waals surface area (Å²) in [6.07, 6.45) is 2.62.